The maximum Gasteiger partial charge on any atom is 0.421 e. The van der Waals surface area contributed by atoms with Gasteiger partial charge >= 0.3 is 6.18 Å². The van der Waals surface area contributed by atoms with Gasteiger partial charge in [0, 0.05) is 43.6 Å². The highest BCUT2D eigenvalue weighted by molar-refractivity contribution is 5.63. The quantitative estimate of drug-likeness (QED) is 0.825. The van der Waals surface area contributed by atoms with Crippen molar-refractivity contribution >= 4 is 12.0 Å². The van der Waals surface area contributed by atoms with Crippen LogP contribution >= 0.6 is 0 Å². The van der Waals surface area contributed by atoms with E-state index < -0.39 is 23.4 Å². The van der Waals surface area contributed by atoms with Crippen molar-refractivity contribution in [3.8, 4) is 0 Å². The molecule has 0 radical (unpaired) electrons. The monoisotopic (exact) mass is 333 g/mol. The number of amides is 1. The summed E-state index contributed by atoms with van der Waals surface area (Å²) in [5.74, 6) is 0.178. The SMILES string of the molecule is C[C@H]1CN(C(=O)[O-])CCN1c1ncc(C(C)(O)C(F)(F)F)cn1. The first kappa shape index (κ1) is 17.3. The molecular formula is C13H16F3N4O3-. The Morgan fingerprint density at radius 1 is 1.35 bits per heavy atom. The second-order valence-electron chi connectivity index (χ2n) is 5.60. The largest absolute Gasteiger partial charge is 0.530 e. The maximum absolute atomic E-state index is 12.8. The summed E-state index contributed by atoms with van der Waals surface area (Å²) >= 11 is 0. The number of anilines is 1. The predicted molar refractivity (Wildman–Crippen MR) is 71.4 cm³/mol. The van der Waals surface area contributed by atoms with Gasteiger partial charge in [0.05, 0.1) is 0 Å². The van der Waals surface area contributed by atoms with E-state index in [1.54, 1.807) is 11.8 Å². The van der Waals surface area contributed by atoms with Crippen molar-refractivity contribution in [2.45, 2.75) is 31.7 Å². The molecule has 1 amide bonds. The highest BCUT2D eigenvalue weighted by Gasteiger charge is 2.51. The van der Waals surface area contributed by atoms with Gasteiger partial charge in [-0.1, -0.05) is 0 Å². The van der Waals surface area contributed by atoms with E-state index in [1.165, 1.54) is 0 Å². The zero-order valence-electron chi connectivity index (χ0n) is 12.5. The zero-order valence-corrected chi connectivity index (χ0v) is 12.5. The minimum absolute atomic E-state index is 0.178. The third-order valence-electron chi connectivity index (χ3n) is 3.89. The molecule has 0 aliphatic carbocycles. The van der Waals surface area contributed by atoms with E-state index in [-0.39, 0.29) is 25.1 Å². The Morgan fingerprint density at radius 2 is 1.91 bits per heavy atom. The Hall–Kier alpha value is -2.10. The van der Waals surface area contributed by atoms with E-state index >= 15 is 0 Å². The smallest absolute Gasteiger partial charge is 0.421 e. The molecule has 7 nitrogen and oxygen atoms in total. The summed E-state index contributed by atoms with van der Waals surface area (Å²) in [7, 11) is 0. The number of aromatic nitrogens is 2. The Morgan fingerprint density at radius 3 is 2.35 bits per heavy atom. The summed E-state index contributed by atoms with van der Waals surface area (Å²) in [5, 5.41) is 20.4. The molecule has 1 unspecified atom stereocenters. The van der Waals surface area contributed by atoms with Crippen LogP contribution in [0.4, 0.5) is 23.9 Å². The molecule has 1 N–H and O–H groups in total. The van der Waals surface area contributed by atoms with E-state index in [2.05, 4.69) is 9.97 Å². The number of nitrogens with zero attached hydrogens (tertiary/aromatic N) is 4. The van der Waals surface area contributed by atoms with Gasteiger partial charge in [0.15, 0.2) is 5.60 Å². The van der Waals surface area contributed by atoms with E-state index in [0.29, 0.717) is 13.5 Å². The molecule has 0 bridgehead atoms. The molecule has 0 saturated carbocycles. The molecule has 1 aromatic rings. The van der Waals surface area contributed by atoms with Crippen LogP contribution in [-0.4, -0.2) is 57.9 Å². The lowest BCUT2D eigenvalue weighted by Gasteiger charge is -2.41. The van der Waals surface area contributed by atoms with Crippen LogP contribution in [0.15, 0.2) is 12.4 Å². The van der Waals surface area contributed by atoms with Gasteiger partial charge in [-0.05, 0) is 13.8 Å². The second-order valence-corrected chi connectivity index (χ2v) is 5.60. The summed E-state index contributed by atoms with van der Waals surface area (Å²) in [6.07, 6.45) is -4.26. The molecule has 2 atom stereocenters. The van der Waals surface area contributed by atoms with E-state index in [4.69, 9.17) is 0 Å². The molecule has 128 valence electrons. The molecule has 1 fully saturated rings. The van der Waals surface area contributed by atoms with Gasteiger partial charge < -0.3 is 24.8 Å². The first-order valence-corrected chi connectivity index (χ1v) is 6.88. The Balaban J connectivity index is 2.16. The number of carboxylic acid groups (broad SMARTS) is 1. The van der Waals surface area contributed by atoms with Gasteiger partial charge in [-0.2, -0.15) is 13.2 Å². The number of hydrogen-bond donors (Lipinski definition) is 1. The number of carbonyl (C=O) groups excluding carboxylic acids is 1. The molecule has 2 rings (SSSR count). The third-order valence-corrected chi connectivity index (χ3v) is 3.89. The average Bonchev–Trinajstić information content (AvgIpc) is 2.46. The number of hydrogen-bond acceptors (Lipinski definition) is 6. The van der Waals surface area contributed by atoms with Crippen molar-refractivity contribution in [2.75, 3.05) is 24.5 Å². The van der Waals surface area contributed by atoms with Crippen LogP contribution in [0.1, 0.15) is 19.4 Å². The molecule has 0 spiro atoms. The maximum atomic E-state index is 12.8. The summed E-state index contributed by atoms with van der Waals surface area (Å²) in [4.78, 5) is 21.4. The topological polar surface area (TPSA) is 92.6 Å². The summed E-state index contributed by atoms with van der Waals surface area (Å²) in [5.41, 5.74) is -3.50. The fraction of sp³-hybridized carbons (Fsp3) is 0.615. The van der Waals surface area contributed by atoms with Gasteiger partial charge in [-0.25, -0.2) is 9.97 Å². The number of alkyl halides is 3. The zero-order chi connectivity index (χ0) is 17.4. The van der Waals surface area contributed by atoms with Crippen molar-refractivity contribution in [1.29, 1.82) is 0 Å². The highest BCUT2D eigenvalue weighted by Crippen LogP contribution is 2.38. The van der Waals surface area contributed by atoms with Crippen LogP contribution in [0.25, 0.3) is 0 Å². The van der Waals surface area contributed by atoms with Gasteiger partial charge in [0.1, 0.15) is 6.09 Å². The van der Waals surface area contributed by atoms with Crippen LogP contribution < -0.4 is 10.0 Å². The molecule has 1 saturated heterocycles. The van der Waals surface area contributed by atoms with Gasteiger partial charge in [0.2, 0.25) is 5.95 Å². The van der Waals surface area contributed by atoms with Gasteiger partial charge in [-0.3, -0.25) is 0 Å². The Bertz CT molecular complexity index is 577. The lowest BCUT2D eigenvalue weighted by atomic mass is 9.99. The minimum atomic E-state index is -4.84. The number of carbonyl (C=O) groups is 1. The summed E-state index contributed by atoms with van der Waals surface area (Å²) < 4.78 is 38.3. The summed E-state index contributed by atoms with van der Waals surface area (Å²) in [6, 6.07) is -0.254. The number of aliphatic hydroxyl groups is 1. The lowest BCUT2D eigenvalue weighted by Crippen LogP contribution is -2.57. The van der Waals surface area contributed by atoms with Crippen molar-refractivity contribution in [2.24, 2.45) is 0 Å². The van der Waals surface area contributed by atoms with Crippen molar-refractivity contribution < 1.29 is 28.2 Å². The molecule has 2 heterocycles. The van der Waals surface area contributed by atoms with Crippen LogP contribution in [0.2, 0.25) is 0 Å². The molecule has 0 aromatic carbocycles. The first-order valence-electron chi connectivity index (χ1n) is 6.88. The normalized spacial score (nSPS) is 21.9. The van der Waals surface area contributed by atoms with E-state index in [9.17, 15) is 28.2 Å². The Labute approximate surface area is 130 Å². The fourth-order valence-corrected chi connectivity index (χ4v) is 2.31. The Kier molecular flexibility index (Phi) is 4.38. The standard InChI is InChI=1S/C13H17F3N4O3/c1-8-7-19(11(21)22)3-4-20(8)10-17-5-9(6-18-10)12(2,23)13(14,15)16/h5-6,8,23H,3-4,7H2,1-2H3,(H,21,22)/p-1/t8-,12?/m0/s1. The predicted octanol–water partition coefficient (Wildman–Crippen LogP) is 0.100. The van der Waals surface area contributed by atoms with Crippen molar-refractivity contribution in [3.05, 3.63) is 18.0 Å². The number of piperazine rings is 1. The van der Waals surface area contributed by atoms with Gasteiger partial charge in [0.25, 0.3) is 0 Å². The molecular weight excluding hydrogens is 317 g/mol. The van der Waals surface area contributed by atoms with Gasteiger partial charge in [-0.15, -0.1) is 0 Å². The van der Waals surface area contributed by atoms with Crippen molar-refractivity contribution in [3.63, 3.8) is 0 Å². The van der Waals surface area contributed by atoms with E-state index in [1.807, 2.05) is 0 Å². The third kappa shape index (κ3) is 3.31. The molecule has 23 heavy (non-hydrogen) atoms. The number of rotatable bonds is 2. The first-order chi connectivity index (χ1) is 10.5. The van der Waals surface area contributed by atoms with Crippen LogP contribution in [0.3, 0.4) is 0 Å². The average molecular weight is 333 g/mol. The molecule has 1 aromatic heterocycles. The lowest BCUT2D eigenvalue weighted by molar-refractivity contribution is -0.266. The molecule has 1 aliphatic heterocycles. The highest BCUT2D eigenvalue weighted by atomic mass is 19.4. The van der Waals surface area contributed by atoms with E-state index in [0.717, 1.165) is 17.3 Å². The molecule has 10 heteroatoms. The number of halogens is 3. The summed E-state index contributed by atoms with van der Waals surface area (Å²) in [6.45, 7) is 3.06. The van der Waals surface area contributed by atoms with Crippen LogP contribution in [-0.2, 0) is 5.60 Å². The van der Waals surface area contributed by atoms with Crippen molar-refractivity contribution in [1.82, 2.24) is 14.9 Å². The second kappa shape index (κ2) is 5.84. The minimum Gasteiger partial charge on any atom is -0.530 e. The fourth-order valence-electron chi connectivity index (χ4n) is 2.31. The molecule has 1 aliphatic rings. The van der Waals surface area contributed by atoms with Crippen LogP contribution in [0, 0.1) is 0 Å². The van der Waals surface area contributed by atoms with Crippen LogP contribution in [0.5, 0.6) is 0 Å².